The molecule has 9 heteroatoms. The number of piperidine rings is 1. The zero-order chi connectivity index (χ0) is 18.0. The molecule has 0 saturated carbocycles. The van der Waals surface area contributed by atoms with Crippen molar-refractivity contribution in [3.63, 3.8) is 0 Å². The van der Waals surface area contributed by atoms with Crippen LogP contribution < -0.4 is 10.2 Å². The average molecular weight is 349 g/mol. The number of halogens is 2. The second kappa shape index (κ2) is 6.96. The Balaban J connectivity index is 2.03. The number of aromatic nitrogens is 2. The lowest BCUT2D eigenvalue weighted by atomic mass is 10.0. The van der Waals surface area contributed by atoms with Crippen LogP contribution in [0, 0.1) is 21.7 Å². The van der Waals surface area contributed by atoms with Crippen LogP contribution in [0.2, 0.25) is 0 Å². The molecule has 132 valence electrons. The molecule has 7 nitrogen and oxygen atoms in total. The summed E-state index contributed by atoms with van der Waals surface area (Å²) in [6.45, 7) is 2.62. The second-order valence-corrected chi connectivity index (χ2v) is 5.94. The molecule has 1 N–H and O–H groups in total. The molecule has 0 radical (unpaired) electrons. The maximum absolute atomic E-state index is 13.9. The zero-order valence-electron chi connectivity index (χ0n) is 13.6. The van der Waals surface area contributed by atoms with E-state index >= 15 is 0 Å². The van der Waals surface area contributed by atoms with Gasteiger partial charge in [-0.05, 0) is 38.3 Å². The number of benzene rings is 1. The van der Waals surface area contributed by atoms with Gasteiger partial charge in [-0.1, -0.05) is 0 Å². The van der Waals surface area contributed by atoms with Crippen molar-refractivity contribution in [3.8, 4) is 0 Å². The smallest absolute Gasteiger partial charge is 0.348 e. The van der Waals surface area contributed by atoms with E-state index in [1.165, 1.54) is 6.33 Å². The first-order valence-corrected chi connectivity index (χ1v) is 7.95. The van der Waals surface area contributed by atoms with Crippen molar-refractivity contribution < 1.29 is 13.7 Å². The summed E-state index contributed by atoms with van der Waals surface area (Å²) in [7, 11) is 0. The quantitative estimate of drug-likeness (QED) is 0.668. The van der Waals surface area contributed by atoms with Crippen LogP contribution in [-0.2, 0) is 0 Å². The minimum Gasteiger partial charge on any atom is -0.348 e. The van der Waals surface area contributed by atoms with E-state index in [0.29, 0.717) is 6.54 Å². The van der Waals surface area contributed by atoms with Gasteiger partial charge in [0.15, 0.2) is 0 Å². The maximum Gasteiger partial charge on any atom is 0.353 e. The third-order valence-corrected chi connectivity index (χ3v) is 4.24. The first-order chi connectivity index (χ1) is 12.0. The van der Waals surface area contributed by atoms with Crippen LogP contribution in [0.1, 0.15) is 26.2 Å². The predicted molar refractivity (Wildman–Crippen MR) is 89.0 cm³/mol. The van der Waals surface area contributed by atoms with Gasteiger partial charge in [-0.2, -0.15) is 0 Å². The lowest BCUT2D eigenvalue weighted by Crippen LogP contribution is -2.38. The Morgan fingerprint density at radius 2 is 2.12 bits per heavy atom. The molecule has 1 saturated heterocycles. The fourth-order valence-corrected chi connectivity index (χ4v) is 2.97. The standard InChI is InChI=1S/C16H17F2N5O2/c1-10-4-2-3-7-22(10)16-14(23(24)25)15(19-9-20-16)21-13-8-11(17)5-6-12(13)18/h5-6,8-10H,2-4,7H2,1H3,(H,19,20,21). The van der Waals surface area contributed by atoms with Crippen molar-refractivity contribution >= 4 is 23.0 Å². The molecule has 0 aliphatic carbocycles. The lowest BCUT2D eigenvalue weighted by molar-refractivity contribution is -0.383. The first-order valence-electron chi connectivity index (χ1n) is 7.95. The molecule has 2 aromatic rings. The molecule has 1 aromatic carbocycles. The number of anilines is 3. The molecular weight excluding hydrogens is 332 g/mol. The van der Waals surface area contributed by atoms with Gasteiger partial charge in [0.2, 0.25) is 11.6 Å². The highest BCUT2D eigenvalue weighted by Crippen LogP contribution is 2.36. The third-order valence-electron chi connectivity index (χ3n) is 4.24. The summed E-state index contributed by atoms with van der Waals surface area (Å²) < 4.78 is 27.2. The number of nitrogens with one attached hydrogen (secondary N) is 1. The molecule has 0 spiro atoms. The second-order valence-electron chi connectivity index (χ2n) is 5.94. The number of hydrogen-bond acceptors (Lipinski definition) is 6. The van der Waals surface area contributed by atoms with Crippen molar-refractivity contribution in [3.05, 3.63) is 46.3 Å². The average Bonchev–Trinajstić information content (AvgIpc) is 2.58. The Hall–Kier alpha value is -2.84. The first kappa shape index (κ1) is 17.0. The van der Waals surface area contributed by atoms with Crippen LogP contribution in [0.25, 0.3) is 0 Å². The van der Waals surface area contributed by atoms with E-state index in [0.717, 1.165) is 37.5 Å². The SMILES string of the molecule is CC1CCCCN1c1ncnc(Nc2cc(F)ccc2F)c1[N+](=O)[O-]. The van der Waals surface area contributed by atoms with Gasteiger partial charge < -0.3 is 10.2 Å². The van der Waals surface area contributed by atoms with Crippen LogP contribution >= 0.6 is 0 Å². The van der Waals surface area contributed by atoms with Gasteiger partial charge in [-0.15, -0.1) is 0 Å². The fraction of sp³-hybridized carbons (Fsp3) is 0.375. The molecule has 25 heavy (non-hydrogen) atoms. The fourth-order valence-electron chi connectivity index (χ4n) is 2.97. The van der Waals surface area contributed by atoms with Crippen molar-refractivity contribution in [2.75, 3.05) is 16.8 Å². The van der Waals surface area contributed by atoms with Gasteiger partial charge in [-0.3, -0.25) is 10.1 Å². The number of hydrogen-bond donors (Lipinski definition) is 1. The lowest BCUT2D eigenvalue weighted by Gasteiger charge is -2.33. The molecule has 1 aliphatic heterocycles. The highest BCUT2D eigenvalue weighted by molar-refractivity contribution is 5.74. The monoisotopic (exact) mass is 349 g/mol. The molecule has 0 amide bonds. The highest BCUT2D eigenvalue weighted by Gasteiger charge is 2.31. The van der Waals surface area contributed by atoms with Crippen LogP contribution in [0.3, 0.4) is 0 Å². The van der Waals surface area contributed by atoms with E-state index in [9.17, 15) is 18.9 Å². The number of rotatable bonds is 4. The summed E-state index contributed by atoms with van der Waals surface area (Å²) in [6, 6.07) is 2.93. The topological polar surface area (TPSA) is 84.2 Å². The molecule has 1 atom stereocenters. The Morgan fingerprint density at radius 1 is 1.32 bits per heavy atom. The van der Waals surface area contributed by atoms with E-state index < -0.39 is 16.6 Å². The maximum atomic E-state index is 13.9. The molecule has 1 fully saturated rings. The summed E-state index contributed by atoms with van der Waals surface area (Å²) in [4.78, 5) is 20.8. The molecule has 2 heterocycles. The summed E-state index contributed by atoms with van der Waals surface area (Å²) in [5.74, 6) is -1.38. The summed E-state index contributed by atoms with van der Waals surface area (Å²) in [6.07, 6.45) is 4.05. The molecule has 1 aliphatic rings. The van der Waals surface area contributed by atoms with E-state index in [-0.39, 0.29) is 29.1 Å². The van der Waals surface area contributed by atoms with Crippen LogP contribution in [-0.4, -0.2) is 27.5 Å². The van der Waals surface area contributed by atoms with Crippen LogP contribution in [0.5, 0.6) is 0 Å². The molecule has 1 unspecified atom stereocenters. The van der Waals surface area contributed by atoms with Gasteiger partial charge in [0.1, 0.15) is 18.0 Å². The van der Waals surface area contributed by atoms with Gasteiger partial charge >= 0.3 is 5.69 Å². The molecular formula is C16H17F2N5O2. The Bertz CT molecular complexity index is 802. The van der Waals surface area contributed by atoms with E-state index in [2.05, 4.69) is 15.3 Å². The Labute approximate surface area is 142 Å². The van der Waals surface area contributed by atoms with E-state index in [4.69, 9.17) is 0 Å². The normalized spacial score (nSPS) is 17.4. The Morgan fingerprint density at radius 3 is 2.84 bits per heavy atom. The summed E-state index contributed by atoms with van der Waals surface area (Å²) in [5.41, 5.74) is -0.570. The molecule has 3 rings (SSSR count). The van der Waals surface area contributed by atoms with Crippen molar-refractivity contribution in [2.24, 2.45) is 0 Å². The Kier molecular flexibility index (Phi) is 4.73. The van der Waals surface area contributed by atoms with E-state index in [1.54, 1.807) is 0 Å². The van der Waals surface area contributed by atoms with Gasteiger partial charge in [-0.25, -0.2) is 18.7 Å². The minimum atomic E-state index is -0.734. The summed E-state index contributed by atoms with van der Waals surface area (Å²) in [5, 5.41) is 14.1. The van der Waals surface area contributed by atoms with Crippen molar-refractivity contribution in [2.45, 2.75) is 32.2 Å². The van der Waals surface area contributed by atoms with Crippen LogP contribution in [0.15, 0.2) is 24.5 Å². The number of nitro groups is 1. The van der Waals surface area contributed by atoms with Gasteiger partial charge in [0, 0.05) is 18.7 Å². The predicted octanol–water partition coefficient (Wildman–Crippen LogP) is 3.79. The minimum absolute atomic E-state index is 0.0982. The van der Waals surface area contributed by atoms with Crippen LogP contribution in [0.4, 0.5) is 31.8 Å². The van der Waals surface area contributed by atoms with Crippen molar-refractivity contribution in [1.82, 2.24) is 9.97 Å². The van der Waals surface area contributed by atoms with Gasteiger partial charge in [0.05, 0.1) is 10.6 Å². The number of nitrogens with zero attached hydrogens (tertiary/aromatic N) is 4. The highest BCUT2D eigenvalue weighted by atomic mass is 19.1. The zero-order valence-corrected chi connectivity index (χ0v) is 13.6. The van der Waals surface area contributed by atoms with Gasteiger partial charge in [0.25, 0.3) is 0 Å². The van der Waals surface area contributed by atoms with Crippen molar-refractivity contribution in [1.29, 1.82) is 0 Å². The molecule has 1 aromatic heterocycles. The third kappa shape index (κ3) is 3.49. The molecule has 0 bridgehead atoms. The van der Waals surface area contributed by atoms with E-state index in [1.807, 2.05) is 11.8 Å². The summed E-state index contributed by atoms with van der Waals surface area (Å²) >= 11 is 0. The largest absolute Gasteiger partial charge is 0.353 e.